The van der Waals surface area contributed by atoms with E-state index >= 15 is 0 Å². The van der Waals surface area contributed by atoms with Gasteiger partial charge in [0.05, 0.1) is 8.07 Å². The molecule has 2 saturated carbocycles. The topological polar surface area (TPSA) is 0 Å². The van der Waals surface area contributed by atoms with Gasteiger partial charge in [0, 0.05) is 0 Å². The van der Waals surface area contributed by atoms with Crippen molar-refractivity contribution in [2.45, 2.75) is 70.1 Å². The molecule has 0 radical (unpaired) electrons. The molecule has 0 nitrogen and oxygen atoms in total. The molecule has 0 aromatic rings. The third kappa shape index (κ3) is 1.48. The zero-order valence-corrected chi connectivity index (χ0v) is 11.2. The van der Waals surface area contributed by atoms with Crippen LogP contribution >= 0.6 is 0 Å². The molecule has 2 aliphatic rings. The van der Waals surface area contributed by atoms with Gasteiger partial charge in [0.15, 0.2) is 0 Å². The summed E-state index contributed by atoms with van der Waals surface area (Å²) >= 11 is 0. The van der Waals surface area contributed by atoms with Gasteiger partial charge in [-0.2, -0.15) is 0 Å². The lowest BCUT2D eigenvalue weighted by atomic mass is 10.0. The third-order valence-corrected chi connectivity index (χ3v) is 12.1. The maximum absolute atomic E-state index is 2.48. The molecule has 0 aromatic heterocycles. The van der Waals surface area contributed by atoms with Gasteiger partial charge in [-0.25, -0.2) is 0 Å². The molecule has 14 heavy (non-hydrogen) atoms. The molecule has 2 aliphatic carbocycles. The van der Waals surface area contributed by atoms with Gasteiger partial charge in [0.2, 0.25) is 0 Å². The molecule has 3 atom stereocenters. The van der Waals surface area contributed by atoms with Gasteiger partial charge in [-0.1, -0.05) is 51.7 Å². The Labute approximate surface area is 90.5 Å². The minimum Gasteiger partial charge on any atom is -0.0678 e. The molecule has 2 bridgehead atoms. The lowest BCUT2D eigenvalue weighted by molar-refractivity contribution is 0.465. The summed E-state index contributed by atoms with van der Waals surface area (Å²) in [6, 6.07) is 4.65. The fourth-order valence-corrected chi connectivity index (χ4v) is 9.74. The second-order valence-electron chi connectivity index (χ2n) is 5.70. The van der Waals surface area contributed by atoms with E-state index < -0.39 is 8.07 Å². The highest BCUT2D eigenvalue weighted by Gasteiger charge is 2.48. The van der Waals surface area contributed by atoms with Crippen LogP contribution in [0.25, 0.3) is 0 Å². The average molecular weight is 210 g/mol. The average Bonchev–Trinajstić information content (AvgIpc) is 2.83. The highest BCUT2D eigenvalue weighted by Crippen LogP contribution is 2.57. The van der Waals surface area contributed by atoms with E-state index in [0.29, 0.717) is 0 Å². The first-order valence-electron chi connectivity index (χ1n) is 6.75. The molecule has 0 saturated heterocycles. The monoisotopic (exact) mass is 210 g/mol. The second-order valence-corrected chi connectivity index (χ2v) is 11.3. The Hall–Kier alpha value is 0.217. The molecule has 0 aliphatic heterocycles. The third-order valence-electron chi connectivity index (χ3n) is 5.64. The Morgan fingerprint density at radius 2 is 1.57 bits per heavy atom. The van der Waals surface area contributed by atoms with E-state index in [1.807, 2.05) is 0 Å². The lowest BCUT2D eigenvalue weighted by Gasteiger charge is -2.40. The number of fused-ring (bicyclic) bond motifs is 2. The second kappa shape index (κ2) is 4.00. The van der Waals surface area contributed by atoms with E-state index in [1.54, 1.807) is 43.8 Å². The van der Waals surface area contributed by atoms with Gasteiger partial charge in [0.25, 0.3) is 0 Å². The molecular formula is C13H26Si. The number of hydrogen-bond acceptors (Lipinski definition) is 0. The minimum absolute atomic E-state index is 0.838. The van der Waals surface area contributed by atoms with Gasteiger partial charge in [-0.3, -0.25) is 0 Å². The first-order chi connectivity index (χ1) is 6.75. The van der Waals surface area contributed by atoms with E-state index in [-0.39, 0.29) is 0 Å². The van der Waals surface area contributed by atoms with Crippen LogP contribution in [0.1, 0.15) is 46.5 Å². The van der Waals surface area contributed by atoms with Crippen LogP contribution in [0.2, 0.25) is 23.7 Å². The predicted molar refractivity (Wildman–Crippen MR) is 66.4 cm³/mol. The fourth-order valence-electron chi connectivity index (χ4n) is 4.53. The Balaban J connectivity index is 2.12. The SMILES string of the molecule is CC[Si](CC)(CC)C1C[C@@H]2CC[C@H]1C2. The molecular weight excluding hydrogens is 184 g/mol. The summed E-state index contributed by atoms with van der Waals surface area (Å²) in [4.78, 5) is 0. The number of rotatable bonds is 4. The zero-order valence-electron chi connectivity index (χ0n) is 10.2. The van der Waals surface area contributed by atoms with Crippen LogP contribution < -0.4 is 0 Å². The summed E-state index contributed by atoms with van der Waals surface area (Å²) < 4.78 is 0. The number of hydrogen-bond donors (Lipinski definition) is 0. The first kappa shape index (κ1) is 10.7. The highest BCUT2D eigenvalue weighted by molar-refractivity contribution is 6.81. The Morgan fingerprint density at radius 1 is 0.929 bits per heavy atom. The molecule has 2 fully saturated rings. The fraction of sp³-hybridized carbons (Fsp3) is 1.00. The highest BCUT2D eigenvalue weighted by atomic mass is 28.3. The minimum atomic E-state index is -0.838. The van der Waals surface area contributed by atoms with Gasteiger partial charge >= 0.3 is 0 Å². The van der Waals surface area contributed by atoms with E-state index in [1.165, 1.54) is 11.5 Å². The van der Waals surface area contributed by atoms with Gasteiger partial charge in [0.1, 0.15) is 0 Å². The van der Waals surface area contributed by atoms with Crippen LogP contribution in [0, 0.1) is 11.8 Å². The van der Waals surface area contributed by atoms with Crippen molar-refractivity contribution in [2.24, 2.45) is 11.8 Å². The van der Waals surface area contributed by atoms with E-state index in [4.69, 9.17) is 0 Å². The molecule has 0 N–H and O–H groups in total. The molecule has 0 heterocycles. The predicted octanol–water partition coefficient (Wildman–Crippen LogP) is 4.69. The van der Waals surface area contributed by atoms with E-state index in [2.05, 4.69) is 20.8 Å². The van der Waals surface area contributed by atoms with Crippen LogP contribution in [-0.4, -0.2) is 8.07 Å². The quantitative estimate of drug-likeness (QED) is 0.591. The standard InChI is InChI=1S/C13H26Si/c1-4-14(5-2,6-3)13-10-11-7-8-12(13)9-11/h11-13H,4-10H2,1-3H3/t11-,12+,13?/m1/s1. The molecule has 2 rings (SSSR count). The maximum atomic E-state index is 2.48. The van der Waals surface area contributed by atoms with E-state index in [9.17, 15) is 0 Å². The van der Waals surface area contributed by atoms with Crippen molar-refractivity contribution in [3.63, 3.8) is 0 Å². The summed E-state index contributed by atoms with van der Waals surface area (Å²) in [5.74, 6) is 2.33. The molecule has 82 valence electrons. The Morgan fingerprint density at radius 3 is 1.93 bits per heavy atom. The largest absolute Gasteiger partial charge is 0.0678 e. The van der Waals surface area contributed by atoms with Crippen molar-refractivity contribution >= 4 is 8.07 Å². The van der Waals surface area contributed by atoms with Crippen LogP contribution in [0.3, 0.4) is 0 Å². The summed E-state index contributed by atoms with van der Waals surface area (Å²) in [5.41, 5.74) is 1.22. The summed E-state index contributed by atoms with van der Waals surface area (Å²) in [6.07, 6.45) is 6.40. The van der Waals surface area contributed by atoms with Crippen molar-refractivity contribution in [2.75, 3.05) is 0 Å². The summed E-state index contributed by atoms with van der Waals surface area (Å²) in [7, 11) is -0.838. The molecule has 1 unspecified atom stereocenters. The van der Waals surface area contributed by atoms with Gasteiger partial charge in [-0.15, -0.1) is 0 Å². The normalized spacial score (nSPS) is 36.6. The van der Waals surface area contributed by atoms with Gasteiger partial charge in [-0.05, 0) is 30.2 Å². The van der Waals surface area contributed by atoms with Crippen molar-refractivity contribution in [3.8, 4) is 0 Å². The van der Waals surface area contributed by atoms with Crippen molar-refractivity contribution in [1.29, 1.82) is 0 Å². The molecule has 1 heteroatoms. The smallest absolute Gasteiger partial charge is 0.0561 e. The van der Waals surface area contributed by atoms with Crippen LogP contribution in [-0.2, 0) is 0 Å². The van der Waals surface area contributed by atoms with Crippen molar-refractivity contribution < 1.29 is 0 Å². The van der Waals surface area contributed by atoms with E-state index in [0.717, 1.165) is 5.92 Å². The summed E-state index contributed by atoms with van der Waals surface area (Å²) in [5, 5.41) is 0. The van der Waals surface area contributed by atoms with Crippen LogP contribution in [0.15, 0.2) is 0 Å². The van der Waals surface area contributed by atoms with Crippen LogP contribution in [0.4, 0.5) is 0 Å². The van der Waals surface area contributed by atoms with Gasteiger partial charge < -0.3 is 0 Å². The zero-order chi connectivity index (χ0) is 10.2. The molecule has 0 aromatic carbocycles. The first-order valence-corrected chi connectivity index (χ1v) is 9.45. The summed E-state index contributed by atoms with van der Waals surface area (Å²) in [6.45, 7) is 7.43. The Bertz CT molecular complexity index is 187. The van der Waals surface area contributed by atoms with Crippen LogP contribution in [0.5, 0.6) is 0 Å². The Kier molecular flexibility index (Phi) is 3.06. The lowest BCUT2D eigenvalue weighted by Crippen LogP contribution is -2.40. The molecule has 0 spiro atoms. The molecule has 0 amide bonds. The van der Waals surface area contributed by atoms with Crippen molar-refractivity contribution in [1.82, 2.24) is 0 Å². The van der Waals surface area contributed by atoms with Crippen molar-refractivity contribution in [3.05, 3.63) is 0 Å². The maximum Gasteiger partial charge on any atom is 0.0561 e.